The zero-order valence-corrected chi connectivity index (χ0v) is 11.3. The fraction of sp³-hybridized carbons (Fsp3) is 0.600. The van der Waals surface area contributed by atoms with Crippen molar-refractivity contribution in [3.8, 4) is 0 Å². The maximum absolute atomic E-state index is 12.6. The predicted octanol–water partition coefficient (Wildman–Crippen LogP) is 4.14. The first-order valence-electron chi connectivity index (χ1n) is 6.50. The molecule has 0 aromatic heterocycles. The van der Waals surface area contributed by atoms with E-state index in [0.717, 1.165) is 12.8 Å². The van der Waals surface area contributed by atoms with Gasteiger partial charge in [-0.1, -0.05) is 51.5 Å². The molecule has 1 unspecified atom stereocenters. The van der Waals surface area contributed by atoms with E-state index in [4.69, 9.17) is 0 Å². The van der Waals surface area contributed by atoms with Gasteiger partial charge in [0.2, 0.25) is 6.43 Å². The third-order valence-corrected chi connectivity index (χ3v) is 3.41. The number of aliphatic hydroxyl groups is 1. The summed E-state index contributed by atoms with van der Waals surface area (Å²) in [5.74, 6) is -0.247. The van der Waals surface area contributed by atoms with E-state index in [1.54, 1.807) is 26.0 Å². The second-order valence-electron chi connectivity index (χ2n) is 5.12. The Balaban J connectivity index is 2.99. The predicted molar refractivity (Wildman–Crippen MR) is 69.8 cm³/mol. The molecular formula is C15H22F2O. The fourth-order valence-electron chi connectivity index (χ4n) is 2.17. The summed E-state index contributed by atoms with van der Waals surface area (Å²) in [4.78, 5) is 0. The van der Waals surface area contributed by atoms with Crippen molar-refractivity contribution in [1.29, 1.82) is 0 Å². The van der Waals surface area contributed by atoms with Crippen LogP contribution in [0.1, 0.15) is 44.7 Å². The topological polar surface area (TPSA) is 20.2 Å². The molecule has 0 heterocycles. The molecule has 0 aliphatic carbocycles. The number of rotatable bonds is 6. The van der Waals surface area contributed by atoms with Gasteiger partial charge in [0.1, 0.15) is 0 Å². The normalized spacial score (nSPS) is 15.1. The largest absolute Gasteiger partial charge is 0.385 e. The second-order valence-corrected chi connectivity index (χ2v) is 5.12. The molecule has 1 aromatic carbocycles. The Bertz CT molecular complexity index is 359. The summed E-state index contributed by atoms with van der Waals surface area (Å²) >= 11 is 0. The highest BCUT2D eigenvalue weighted by Gasteiger charge is 2.36. The Morgan fingerprint density at radius 1 is 1.17 bits per heavy atom. The van der Waals surface area contributed by atoms with Crippen LogP contribution in [0.25, 0.3) is 0 Å². The lowest BCUT2D eigenvalue weighted by molar-refractivity contribution is -0.0606. The summed E-state index contributed by atoms with van der Waals surface area (Å²) in [7, 11) is 0. The Kier molecular flexibility index (Phi) is 5.27. The van der Waals surface area contributed by atoms with Crippen LogP contribution < -0.4 is 0 Å². The van der Waals surface area contributed by atoms with Crippen LogP contribution in [-0.2, 0) is 12.0 Å². The molecule has 0 aliphatic heterocycles. The van der Waals surface area contributed by atoms with E-state index < -0.39 is 18.4 Å². The minimum atomic E-state index is -2.51. The molecule has 1 aromatic rings. The minimum Gasteiger partial charge on any atom is -0.385 e. The van der Waals surface area contributed by atoms with E-state index in [9.17, 15) is 13.9 Å². The van der Waals surface area contributed by atoms with Gasteiger partial charge in [0.25, 0.3) is 0 Å². The van der Waals surface area contributed by atoms with Gasteiger partial charge in [-0.3, -0.25) is 0 Å². The molecule has 0 aliphatic rings. The first-order chi connectivity index (χ1) is 8.40. The highest BCUT2D eigenvalue weighted by molar-refractivity contribution is 5.28. The van der Waals surface area contributed by atoms with Crippen LogP contribution in [0.5, 0.6) is 0 Å². The van der Waals surface area contributed by atoms with E-state index in [0.29, 0.717) is 5.56 Å². The molecule has 1 nitrogen and oxygen atoms in total. The Morgan fingerprint density at radius 3 is 2.11 bits per heavy atom. The third kappa shape index (κ3) is 3.52. The van der Waals surface area contributed by atoms with Crippen molar-refractivity contribution in [3.63, 3.8) is 0 Å². The lowest BCUT2D eigenvalue weighted by Crippen LogP contribution is -2.34. The molecule has 0 spiro atoms. The number of benzene rings is 1. The molecule has 0 radical (unpaired) electrons. The van der Waals surface area contributed by atoms with Crippen molar-refractivity contribution >= 4 is 0 Å². The lowest BCUT2D eigenvalue weighted by atomic mass is 9.80. The van der Waals surface area contributed by atoms with Crippen molar-refractivity contribution in [2.45, 2.75) is 52.1 Å². The van der Waals surface area contributed by atoms with Crippen LogP contribution in [0.2, 0.25) is 0 Å². The maximum atomic E-state index is 12.6. The van der Waals surface area contributed by atoms with Crippen molar-refractivity contribution in [2.24, 2.45) is 5.92 Å². The fourth-order valence-corrected chi connectivity index (χ4v) is 2.17. The van der Waals surface area contributed by atoms with Gasteiger partial charge >= 0.3 is 0 Å². The van der Waals surface area contributed by atoms with Crippen LogP contribution in [0, 0.1) is 5.92 Å². The van der Waals surface area contributed by atoms with E-state index >= 15 is 0 Å². The number of hydrogen-bond donors (Lipinski definition) is 1. The summed E-state index contributed by atoms with van der Waals surface area (Å²) in [5, 5.41) is 10.5. The number of halogens is 2. The Hall–Kier alpha value is -0.960. The molecule has 1 rings (SSSR count). The molecule has 0 fully saturated rings. The molecule has 0 saturated carbocycles. The molecule has 18 heavy (non-hydrogen) atoms. The molecular weight excluding hydrogens is 234 g/mol. The van der Waals surface area contributed by atoms with Gasteiger partial charge in [-0.25, -0.2) is 8.78 Å². The van der Waals surface area contributed by atoms with Crippen molar-refractivity contribution in [1.82, 2.24) is 0 Å². The number of alkyl halides is 2. The van der Waals surface area contributed by atoms with Crippen LogP contribution in [-0.4, -0.2) is 11.5 Å². The van der Waals surface area contributed by atoms with Gasteiger partial charge in [-0.15, -0.1) is 0 Å². The molecule has 102 valence electrons. The summed E-state index contributed by atoms with van der Waals surface area (Å²) in [6.45, 7) is 5.62. The van der Waals surface area contributed by atoms with Crippen LogP contribution >= 0.6 is 0 Å². The third-order valence-electron chi connectivity index (χ3n) is 3.41. The number of hydrogen-bond acceptors (Lipinski definition) is 1. The molecule has 0 saturated heterocycles. The quantitative estimate of drug-likeness (QED) is 0.811. The molecule has 1 atom stereocenters. The van der Waals surface area contributed by atoms with Crippen molar-refractivity contribution in [3.05, 3.63) is 35.4 Å². The van der Waals surface area contributed by atoms with Crippen LogP contribution in [0.3, 0.4) is 0 Å². The summed E-state index contributed by atoms with van der Waals surface area (Å²) in [6, 6.07) is 7.37. The van der Waals surface area contributed by atoms with Crippen molar-refractivity contribution in [2.75, 3.05) is 0 Å². The highest BCUT2D eigenvalue weighted by atomic mass is 19.3. The first-order valence-corrected chi connectivity index (χ1v) is 6.50. The van der Waals surface area contributed by atoms with Gasteiger partial charge in [0.15, 0.2) is 0 Å². The highest BCUT2D eigenvalue weighted by Crippen LogP contribution is 2.35. The molecule has 0 bridgehead atoms. The zero-order chi connectivity index (χ0) is 13.8. The lowest BCUT2D eigenvalue weighted by Gasteiger charge is -2.32. The van der Waals surface area contributed by atoms with Gasteiger partial charge in [0, 0.05) is 6.42 Å². The zero-order valence-electron chi connectivity index (χ0n) is 11.3. The van der Waals surface area contributed by atoms with Gasteiger partial charge in [-0.2, -0.15) is 0 Å². The van der Waals surface area contributed by atoms with Crippen LogP contribution in [0.4, 0.5) is 8.78 Å². The van der Waals surface area contributed by atoms with Gasteiger partial charge < -0.3 is 5.11 Å². The van der Waals surface area contributed by atoms with Gasteiger partial charge in [0.05, 0.1) is 5.60 Å². The van der Waals surface area contributed by atoms with E-state index in [2.05, 4.69) is 6.92 Å². The first kappa shape index (κ1) is 15.1. The molecule has 3 heteroatoms. The van der Waals surface area contributed by atoms with E-state index in [-0.39, 0.29) is 5.92 Å². The Morgan fingerprint density at radius 2 is 1.72 bits per heavy atom. The minimum absolute atomic E-state index is 0.247. The van der Waals surface area contributed by atoms with Gasteiger partial charge in [-0.05, 0) is 23.5 Å². The Labute approximate surface area is 108 Å². The summed E-state index contributed by atoms with van der Waals surface area (Å²) in [6.07, 6.45) is -1.01. The van der Waals surface area contributed by atoms with Crippen LogP contribution in [0.15, 0.2) is 24.3 Å². The summed E-state index contributed by atoms with van der Waals surface area (Å²) < 4.78 is 25.2. The van der Waals surface area contributed by atoms with E-state index in [1.165, 1.54) is 5.56 Å². The average molecular weight is 256 g/mol. The smallest absolute Gasteiger partial charge is 0.241 e. The molecule has 0 amide bonds. The number of aryl methyl sites for hydroxylation is 1. The average Bonchev–Trinajstić information content (AvgIpc) is 2.29. The summed E-state index contributed by atoms with van der Waals surface area (Å²) in [5.41, 5.74) is 0.306. The van der Waals surface area contributed by atoms with Crippen molar-refractivity contribution < 1.29 is 13.9 Å². The van der Waals surface area contributed by atoms with E-state index in [1.807, 2.05) is 12.1 Å². The SMILES string of the molecule is CCCc1ccc(C(O)(CC(F)F)C(C)C)cc1. The standard InChI is InChI=1S/C15H22F2O/c1-4-5-12-6-8-13(9-7-12)15(18,11(2)3)10-14(16)17/h6-9,11,14,18H,4-5,10H2,1-3H3. The maximum Gasteiger partial charge on any atom is 0.241 e. The second kappa shape index (κ2) is 6.28. The molecule has 1 N–H and O–H groups in total. The monoisotopic (exact) mass is 256 g/mol.